The summed E-state index contributed by atoms with van der Waals surface area (Å²) < 4.78 is 6.57. The van der Waals surface area contributed by atoms with E-state index in [4.69, 9.17) is 15.6 Å². The molecule has 10 heteroatoms. The van der Waals surface area contributed by atoms with Gasteiger partial charge in [0.05, 0.1) is 18.3 Å². The molecule has 2 rings (SSSR count). The molecular weight excluding hydrogens is 368 g/mol. The van der Waals surface area contributed by atoms with Crippen molar-refractivity contribution in [2.75, 3.05) is 19.7 Å². The van der Waals surface area contributed by atoms with Gasteiger partial charge in [-0.15, -0.1) is 0 Å². The summed E-state index contributed by atoms with van der Waals surface area (Å²) in [5.74, 6) is -0.344. The number of nitrogens with two attached hydrogens (primary N) is 1. The molecule has 0 spiro atoms. The highest BCUT2D eigenvalue weighted by atomic mass is 16.5. The molecule has 1 fully saturated rings. The van der Waals surface area contributed by atoms with E-state index in [0.29, 0.717) is 13.1 Å². The number of amides is 1. The summed E-state index contributed by atoms with van der Waals surface area (Å²) >= 11 is 0. The lowest BCUT2D eigenvalue weighted by Gasteiger charge is -2.14. The zero-order valence-electron chi connectivity index (χ0n) is 15.7. The van der Waals surface area contributed by atoms with E-state index in [9.17, 15) is 19.5 Å². The largest absolute Gasteiger partial charge is 0.394 e. The molecule has 1 aromatic rings. The van der Waals surface area contributed by atoms with Crippen LogP contribution in [-0.2, 0) is 9.53 Å². The average Bonchev–Trinajstić information content (AvgIpc) is 3.04. The third kappa shape index (κ3) is 6.13. The van der Waals surface area contributed by atoms with E-state index in [2.05, 4.69) is 10.3 Å². The van der Waals surface area contributed by atoms with Crippen molar-refractivity contribution in [1.82, 2.24) is 14.9 Å². The molecule has 156 valence electrons. The predicted octanol–water partition coefficient (Wildman–Crippen LogP) is -1.17. The molecular formula is C18H28N4O6. The predicted molar refractivity (Wildman–Crippen MR) is 103 cm³/mol. The lowest BCUT2D eigenvalue weighted by Crippen LogP contribution is -2.33. The molecule has 1 saturated heterocycles. The Hall–Kier alpha value is -2.27. The van der Waals surface area contributed by atoms with Gasteiger partial charge in [0, 0.05) is 25.2 Å². The first-order valence-corrected chi connectivity index (χ1v) is 9.42. The quantitative estimate of drug-likeness (QED) is 0.246. The van der Waals surface area contributed by atoms with Crippen molar-refractivity contribution in [2.45, 2.75) is 50.5 Å². The van der Waals surface area contributed by atoms with Crippen molar-refractivity contribution < 1.29 is 19.7 Å². The van der Waals surface area contributed by atoms with Crippen LogP contribution in [0.5, 0.6) is 0 Å². The Morgan fingerprint density at radius 1 is 1.36 bits per heavy atom. The van der Waals surface area contributed by atoms with Crippen molar-refractivity contribution >= 4 is 12.0 Å². The van der Waals surface area contributed by atoms with Crippen LogP contribution in [0, 0.1) is 0 Å². The van der Waals surface area contributed by atoms with Crippen LogP contribution in [-0.4, -0.2) is 57.6 Å². The minimum Gasteiger partial charge on any atom is -0.394 e. The maximum Gasteiger partial charge on any atom is 0.330 e. The zero-order chi connectivity index (χ0) is 20.5. The summed E-state index contributed by atoms with van der Waals surface area (Å²) in [4.78, 5) is 38.0. The van der Waals surface area contributed by atoms with Crippen LogP contribution in [0.4, 0.5) is 0 Å². The van der Waals surface area contributed by atoms with Gasteiger partial charge in [-0.3, -0.25) is 19.1 Å². The van der Waals surface area contributed by atoms with E-state index in [-0.39, 0.29) is 24.5 Å². The first kappa shape index (κ1) is 22.0. The lowest BCUT2D eigenvalue weighted by molar-refractivity contribution is -0.116. The van der Waals surface area contributed by atoms with Crippen molar-refractivity contribution in [1.29, 1.82) is 0 Å². The number of aliphatic hydroxyl groups excluding tert-OH is 2. The Morgan fingerprint density at radius 3 is 2.79 bits per heavy atom. The molecule has 0 bridgehead atoms. The maximum atomic E-state index is 12.0. The Kier molecular flexibility index (Phi) is 8.58. The van der Waals surface area contributed by atoms with Crippen LogP contribution in [0.3, 0.4) is 0 Å². The summed E-state index contributed by atoms with van der Waals surface area (Å²) in [5, 5.41) is 21.7. The highest BCUT2D eigenvalue weighted by Crippen LogP contribution is 2.27. The molecule has 6 N–H and O–H groups in total. The van der Waals surface area contributed by atoms with E-state index in [0.717, 1.165) is 30.3 Å². The normalized spacial score (nSPS) is 22.0. The number of nitrogens with one attached hydrogen (secondary N) is 2. The second-order valence-corrected chi connectivity index (χ2v) is 6.69. The Bertz CT molecular complexity index is 787. The van der Waals surface area contributed by atoms with Crippen LogP contribution in [0.1, 0.15) is 43.9 Å². The highest BCUT2D eigenvalue weighted by Gasteiger charge is 2.35. The number of hydrogen-bond donors (Lipinski definition) is 5. The second-order valence-electron chi connectivity index (χ2n) is 6.69. The second kappa shape index (κ2) is 10.9. The molecule has 10 nitrogen and oxygen atoms in total. The van der Waals surface area contributed by atoms with Crippen LogP contribution < -0.4 is 22.3 Å². The van der Waals surface area contributed by atoms with E-state index in [1.165, 1.54) is 18.3 Å². The molecule has 2 heterocycles. The topological polar surface area (TPSA) is 160 Å². The SMILES string of the molecule is NCCCCCCNC(=O)/C=C/c1cn([C@H]2C[C@H](O)[C@@H](CO)O2)c(=O)[nH]c1=O. The van der Waals surface area contributed by atoms with Gasteiger partial charge in [0.2, 0.25) is 5.91 Å². The van der Waals surface area contributed by atoms with E-state index in [1.807, 2.05) is 0 Å². The van der Waals surface area contributed by atoms with Gasteiger partial charge in [-0.25, -0.2) is 4.79 Å². The average molecular weight is 396 g/mol. The smallest absolute Gasteiger partial charge is 0.330 e. The van der Waals surface area contributed by atoms with Crippen molar-refractivity contribution in [2.24, 2.45) is 5.73 Å². The van der Waals surface area contributed by atoms with Crippen LogP contribution in [0.2, 0.25) is 0 Å². The highest BCUT2D eigenvalue weighted by molar-refractivity contribution is 5.91. The monoisotopic (exact) mass is 396 g/mol. The number of ether oxygens (including phenoxy) is 1. The minimum atomic E-state index is -0.913. The number of aliphatic hydroxyl groups is 2. The fourth-order valence-corrected chi connectivity index (χ4v) is 2.94. The summed E-state index contributed by atoms with van der Waals surface area (Å²) in [6, 6.07) is 0. The number of aromatic amines is 1. The number of aromatic nitrogens is 2. The Labute approximate surface area is 162 Å². The van der Waals surface area contributed by atoms with Gasteiger partial charge < -0.3 is 26.0 Å². The summed E-state index contributed by atoms with van der Waals surface area (Å²) in [6.07, 6.45) is 5.20. The number of unbranched alkanes of at least 4 members (excludes halogenated alkanes) is 3. The van der Waals surface area contributed by atoms with Gasteiger partial charge in [0.25, 0.3) is 5.56 Å². The molecule has 0 aromatic carbocycles. The fraction of sp³-hybridized carbons (Fsp3) is 0.611. The molecule has 0 aliphatic carbocycles. The van der Waals surface area contributed by atoms with E-state index in [1.54, 1.807) is 0 Å². The summed E-state index contributed by atoms with van der Waals surface area (Å²) in [6.45, 7) is 0.812. The number of carbonyl (C=O) groups is 1. The number of carbonyl (C=O) groups excluding carboxylic acids is 1. The molecule has 1 aliphatic rings. The zero-order valence-corrected chi connectivity index (χ0v) is 15.7. The molecule has 0 unspecified atom stereocenters. The summed E-state index contributed by atoms with van der Waals surface area (Å²) in [5.41, 5.74) is 4.19. The van der Waals surface area contributed by atoms with E-state index >= 15 is 0 Å². The third-order valence-corrected chi connectivity index (χ3v) is 4.53. The van der Waals surface area contributed by atoms with Crippen molar-refractivity contribution in [3.63, 3.8) is 0 Å². The molecule has 1 amide bonds. The first-order valence-electron chi connectivity index (χ1n) is 9.42. The number of H-pyrrole nitrogens is 1. The van der Waals surface area contributed by atoms with Gasteiger partial charge in [-0.05, 0) is 25.5 Å². The van der Waals surface area contributed by atoms with Crippen molar-refractivity contribution in [3.05, 3.63) is 38.7 Å². The van der Waals surface area contributed by atoms with Gasteiger partial charge in [-0.1, -0.05) is 12.8 Å². The lowest BCUT2D eigenvalue weighted by atomic mass is 10.2. The molecule has 3 atom stereocenters. The van der Waals surface area contributed by atoms with Gasteiger partial charge in [-0.2, -0.15) is 0 Å². The molecule has 0 radical (unpaired) electrons. The van der Waals surface area contributed by atoms with Gasteiger partial charge in [0.15, 0.2) is 0 Å². The van der Waals surface area contributed by atoms with Gasteiger partial charge >= 0.3 is 5.69 Å². The Morgan fingerprint density at radius 2 is 2.11 bits per heavy atom. The van der Waals surface area contributed by atoms with Crippen LogP contribution in [0.25, 0.3) is 6.08 Å². The molecule has 1 aliphatic heterocycles. The standard InChI is InChI=1S/C18H28N4O6/c19-7-3-1-2-4-8-20-15(25)6-5-12-10-22(18(27)21-17(12)26)16-9-13(24)14(11-23)28-16/h5-6,10,13-14,16,23-24H,1-4,7-9,11,19H2,(H,20,25)(H,21,26,27)/b6-5+/t13-,14+,16+/m0/s1. The first-order chi connectivity index (χ1) is 13.5. The summed E-state index contributed by atoms with van der Waals surface area (Å²) in [7, 11) is 0. The Balaban J connectivity index is 1.98. The molecule has 28 heavy (non-hydrogen) atoms. The number of rotatable bonds is 10. The van der Waals surface area contributed by atoms with Crippen molar-refractivity contribution in [3.8, 4) is 0 Å². The minimum absolute atomic E-state index is 0.100. The number of hydrogen-bond acceptors (Lipinski definition) is 7. The van der Waals surface area contributed by atoms with Crippen LogP contribution >= 0.6 is 0 Å². The van der Waals surface area contributed by atoms with Crippen LogP contribution in [0.15, 0.2) is 21.9 Å². The molecule has 0 saturated carbocycles. The van der Waals surface area contributed by atoms with Gasteiger partial charge in [0.1, 0.15) is 12.3 Å². The maximum absolute atomic E-state index is 12.0. The number of nitrogens with zero attached hydrogens (tertiary/aromatic N) is 1. The molecule has 1 aromatic heterocycles. The van der Waals surface area contributed by atoms with E-state index < -0.39 is 29.7 Å². The third-order valence-electron chi connectivity index (χ3n) is 4.53. The fourth-order valence-electron chi connectivity index (χ4n) is 2.94.